The van der Waals surface area contributed by atoms with E-state index in [1.165, 1.54) is 11.3 Å². The van der Waals surface area contributed by atoms with Crippen LogP contribution in [0.5, 0.6) is 0 Å². The third-order valence-corrected chi connectivity index (χ3v) is 6.49. The molecular weight excluding hydrogens is 408 g/mol. The van der Waals surface area contributed by atoms with Crippen LogP contribution in [0.1, 0.15) is 43.6 Å². The Labute approximate surface area is 183 Å². The summed E-state index contributed by atoms with van der Waals surface area (Å²) >= 11 is 0. The summed E-state index contributed by atoms with van der Waals surface area (Å²) in [6, 6.07) is 10.1. The topological polar surface area (TPSA) is 88.5 Å². The fourth-order valence-electron chi connectivity index (χ4n) is 4.41. The van der Waals surface area contributed by atoms with Crippen LogP contribution in [0, 0.1) is 5.41 Å². The quantitative estimate of drug-likeness (QED) is 0.491. The molecule has 2 unspecified atom stereocenters. The van der Waals surface area contributed by atoms with Gasteiger partial charge >= 0.3 is 0 Å². The fourth-order valence-corrected chi connectivity index (χ4v) is 4.87. The third kappa shape index (κ3) is 3.76. The number of fused-ring (bicyclic) bond motifs is 2. The van der Waals surface area contributed by atoms with E-state index in [0.717, 1.165) is 46.4 Å². The number of aromatic nitrogens is 5. The van der Waals surface area contributed by atoms with Gasteiger partial charge in [-0.3, -0.25) is 9.78 Å². The highest BCUT2D eigenvalue weighted by Crippen LogP contribution is 2.40. The van der Waals surface area contributed by atoms with Gasteiger partial charge in [-0.15, -0.1) is 0 Å². The van der Waals surface area contributed by atoms with Gasteiger partial charge in [-0.25, -0.2) is 9.19 Å². The monoisotopic (exact) mass is 434 g/mol. The number of anilines is 1. The van der Waals surface area contributed by atoms with Crippen LogP contribution in [0.2, 0.25) is 0 Å². The molecule has 160 valence electrons. The highest BCUT2D eigenvalue weighted by Gasteiger charge is 2.32. The van der Waals surface area contributed by atoms with E-state index in [4.69, 9.17) is 5.10 Å². The molecule has 0 fully saturated rings. The molecule has 3 heterocycles. The number of aromatic amines is 1. The number of nitrogens with one attached hydrogen (secondary N) is 2. The summed E-state index contributed by atoms with van der Waals surface area (Å²) in [6.45, 7) is 6.69. The molecule has 0 bridgehead atoms. The molecule has 1 aliphatic carbocycles. The van der Waals surface area contributed by atoms with Gasteiger partial charge in [-0.2, -0.15) is 10.2 Å². The van der Waals surface area contributed by atoms with Crippen molar-refractivity contribution in [1.82, 2.24) is 25.0 Å². The number of benzene rings is 1. The van der Waals surface area contributed by atoms with Crippen LogP contribution in [-0.4, -0.2) is 35.4 Å². The fraction of sp³-hybridized carbons (Fsp3) is 0.348. The highest BCUT2D eigenvalue weighted by molar-refractivity contribution is 7.85. The van der Waals surface area contributed by atoms with Crippen molar-refractivity contribution in [3.63, 3.8) is 0 Å². The van der Waals surface area contributed by atoms with Crippen molar-refractivity contribution in [2.24, 2.45) is 5.41 Å². The second kappa shape index (κ2) is 7.30. The van der Waals surface area contributed by atoms with Crippen molar-refractivity contribution in [2.45, 2.75) is 39.7 Å². The first-order chi connectivity index (χ1) is 14.8. The predicted molar refractivity (Wildman–Crippen MR) is 124 cm³/mol. The normalized spacial score (nSPS) is 16.9. The number of hydrogen-bond acceptors (Lipinski definition) is 4. The minimum absolute atomic E-state index is 0.0502. The molecule has 0 spiro atoms. The van der Waals surface area contributed by atoms with E-state index in [1.54, 1.807) is 6.26 Å². The Balaban J connectivity index is 1.43. The first kappa shape index (κ1) is 19.9. The molecule has 1 aliphatic rings. The van der Waals surface area contributed by atoms with Gasteiger partial charge in [0.25, 0.3) is 0 Å². The standard InChI is InChI=1S/C23H26N6OS/c1-14(15-5-7-18(8-6-15)28-31(4)30)29-13-17-9-16(12-24-22(17)27-29)21-19-10-23(2,3)11-20(19)25-26-21/h5-9,12-14,28H,10-11H2,1-4H3,(H,25,26). The molecular formula is C23H26N6OS. The third-order valence-electron chi connectivity index (χ3n) is 5.97. The molecule has 5 rings (SSSR count). The summed E-state index contributed by atoms with van der Waals surface area (Å²) in [5.74, 6) is 0. The number of rotatable bonds is 5. The lowest BCUT2D eigenvalue weighted by molar-refractivity contribution is 0.388. The van der Waals surface area contributed by atoms with E-state index >= 15 is 0 Å². The molecule has 0 aliphatic heterocycles. The van der Waals surface area contributed by atoms with Gasteiger partial charge in [-0.05, 0) is 48.9 Å². The molecule has 0 saturated carbocycles. The lowest BCUT2D eigenvalue weighted by Crippen LogP contribution is -2.11. The molecule has 3 aromatic heterocycles. The van der Waals surface area contributed by atoms with Crippen molar-refractivity contribution >= 4 is 27.7 Å². The lowest BCUT2D eigenvalue weighted by atomic mass is 9.90. The van der Waals surface area contributed by atoms with Crippen LogP contribution in [0.3, 0.4) is 0 Å². The molecule has 31 heavy (non-hydrogen) atoms. The first-order valence-corrected chi connectivity index (χ1v) is 12.0. The van der Waals surface area contributed by atoms with Crippen molar-refractivity contribution in [2.75, 3.05) is 11.0 Å². The minimum atomic E-state index is -1.08. The number of H-pyrrole nitrogens is 1. The van der Waals surface area contributed by atoms with Gasteiger partial charge in [0.15, 0.2) is 5.65 Å². The van der Waals surface area contributed by atoms with Crippen LogP contribution in [0.4, 0.5) is 5.69 Å². The predicted octanol–water partition coefficient (Wildman–Crippen LogP) is 4.26. The SMILES string of the molecule is CC(c1ccc(NS(C)=O)cc1)n1cc2cc(-c3n[nH]c4c3CC(C)(C)C4)cnc2n1. The van der Waals surface area contributed by atoms with Gasteiger partial charge in [-0.1, -0.05) is 26.0 Å². The number of hydrogen-bond donors (Lipinski definition) is 2. The molecule has 0 amide bonds. The van der Waals surface area contributed by atoms with E-state index in [0.29, 0.717) is 0 Å². The summed E-state index contributed by atoms with van der Waals surface area (Å²) in [5.41, 5.74) is 7.54. The molecule has 2 N–H and O–H groups in total. The molecule has 2 atom stereocenters. The zero-order valence-corrected chi connectivity index (χ0v) is 19.0. The Morgan fingerprint density at radius 2 is 2.00 bits per heavy atom. The van der Waals surface area contributed by atoms with Crippen molar-refractivity contribution in [3.8, 4) is 11.3 Å². The second-order valence-corrected chi connectivity index (χ2v) is 10.3. The van der Waals surface area contributed by atoms with Crippen LogP contribution in [-0.2, 0) is 23.8 Å². The molecule has 8 heteroatoms. The average Bonchev–Trinajstić information content (AvgIpc) is 3.38. The summed E-state index contributed by atoms with van der Waals surface area (Å²) in [6.07, 6.45) is 7.59. The van der Waals surface area contributed by atoms with E-state index in [9.17, 15) is 4.21 Å². The number of pyridine rings is 1. The Bertz CT molecular complexity index is 1290. The molecule has 1 aromatic carbocycles. The van der Waals surface area contributed by atoms with E-state index in [1.807, 2.05) is 41.3 Å². The van der Waals surface area contributed by atoms with Crippen molar-refractivity contribution in [3.05, 3.63) is 59.5 Å². The maximum absolute atomic E-state index is 11.3. The molecule has 7 nitrogen and oxygen atoms in total. The smallest absolute Gasteiger partial charge is 0.181 e. The van der Waals surface area contributed by atoms with Crippen molar-refractivity contribution in [1.29, 1.82) is 0 Å². The minimum Gasteiger partial charge on any atom is -0.305 e. The summed E-state index contributed by atoms with van der Waals surface area (Å²) < 4.78 is 16.2. The van der Waals surface area contributed by atoms with Crippen molar-refractivity contribution < 1.29 is 4.21 Å². The van der Waals surface area contributed by atoms with Crippen LogP contribution in [0.25, 0.3) is 22.3 Å². The van der Waals surface area contributed by atoms with Crippen LogP contribution >= 0.6 is 0 Å². The maximum atomic E-state index is 11.3. The molecule has 4 aromatic rings. The maximum Gasteiger partial charge on any atom is 0.181 e. The number of nitrogens with zero attached hydrogens (tertiary/aromatic N) is 4. The largest absolute Gasteiger partial charge is 0.305 e. The summed E-state index contributed by atoms with van der Waals surface area (Å²) in [4.78, 5) is 4.61. The second-order valence-electron chi connectivity index (χ2n) is 9.15. The lowest BCUT2D eigenvalue weighted by Gasteiger charge is -2.15. The van der Waals surface area contributed by atoms with Crippen LogP contribution in [0.15, 0.2) is 42.7 Å². The van der Waals surface area contributed by atoms with Gasteiger partial charge < -0.3 is 4.72 Å². The Morgan fingerprint density at radius 1 is 1.23 bits per heavy atom. The van der Waals surface area contributed by atoms with E-state index < -0.39 is 11.0 Å². The highest BCUT2D eigenvalue weighted by atomic mass is 32.2. The summed E-state index contributed by atoms with van der Waals surface area (Å²) in [5, 5.41) is 13.5. The van der Waals surface area contributed by atoms with Gasteiger partial charge in [0.2, 0.25) is 0 Å². The zero-order chi connectivity index (χ0) is 21.8. The van der Waals surface area contributed by atoms with E-state index in [2.05, 4.69) is 46.7 Å². The molecule has 0 radical (unpaired) electrons. The van der Waals surface area contributed by atoms with E-state index in [-0.39, 0.29) is 11.5 Å². The van der Waals surface area contributed by atoms with Crippen LogP contribution < -0.4 is 4.72 Å². The average molecular weight is 435 g/mol. The van der Waals surface area contributed by atoms with Gasteiger partial charge in [0.1, 0.15) is 11.0 Å². The van der Waals surface area contributed by atoms with Gasteiger partial charge in [0.05, 0.1) is 11.7 Å². The summed E-state index contributed by atoms with van der Waals surface area (Å²) in [7, 11) is -1.08. The first-order valence-electron chi connectivity index (χ1n) is 10.4. The van der Waals surface area contributed by atoms with Gasteiger partial charge in [0, 0.05) is 46.5 Å². The molecule has 0 saturated heterocycles. The Kier molecular flexibility index (Phi) is 4.69. The Hall–Kier alpha value is -3.00. The zero-order valence-electron chi connectivity index (χ0n) is 18.1. The Morgan fingerprint density at radius 3 is 2.74 bits per heavy atom.